The van der Waals surface area contributed by atoms with Gasteiger partial charge >= 0.3 is 0 Å². The summed E-state index contributed by atoms with van der Waals surface area (Å²) in [6.45, 7) is 0. The first kappa shape index (κ1) is 15.2. The van der Waals surface area contributed by atoms with Gasteiger partial charge in [0.2, 0.25) is 0 Å². The molecule has 0 bridgehead atoms. The minimum Gasteiger partial charge on any atom is -0.494 e. The molecule has 0 aliphatic heterocycles. The summed E-state index contributed by atoms with van der Waals surface area (Å²) in [6, 6.07) is 8.44. The molecule has 0 unspecified atom stereocenters. The van der Waals surface area contributed by atoms with Crippen LogP contribution in [0.4, 0.5) is 14.5 Å². The minimum absolute atomic E-state index is 0.0534. The smallest absolute Gasteiger partial charge is 0.264 e. The van der Waals surface area contributed by atoms with Crippen LogP contribution >= 0.6 is 0 Å². The fourth-order valence-electron chi connectivity index (χ4n) is 1.78. The third-order valence-corrected chi connectivity index (χ3v) is 4.74. The number of ether oxygens (including phenoxy) is 1. The van der Waals surface area contributed by atoms with E-state index < -0.39 is 21.7 Å². The molecule has 2 aromatic rings. The lowest BCUT2D eigenvalue weighted by Crippen LogP contribution is -2.26. The van der Waals surface area contributed by atoms with Crippen molar-refractivity contribution in [2.45, 2.75) is 4.90 Å². The lowest BCUT2D eigenvalue weighted by atomic mass is 10.3. The standard InChI is InChI=1S/C14H13F2NO3S/c1-17(11-5-3-4-10(15)8-11)21(18,19)12-6-7-14(20-2)13(16)9-12/h3-9H,1-2H3. The van der Waals surface area contributed by atoms with Crippen molar-refractivity contribution < 1.29 is 21.9 Å². The number of halogens is 2. The molecule has 0 aliphatic rings. The molecule has 0 heterocycles. The van der Waals surface area contributed by atoms with E-state index in [0.29, 0.717) is 0 Å². The van der Waals surface area contributed by atoms with E-state index in [2.05, 4.69) is 0 Å². The summed E-state index contributed by atoms with van der Waals surface area (Å²) in [6.07, 6.45) is 0. The normalized spacial score (nSPS) is 11.2. The number of rotatable bonds is 4. The summed E-state index contributed by atoms with van der Waals surface area (Å²) < 4.78 is 57.2. The van der Waals surface area contributed by atoms with Gasteiger partial charge in [-0.25, -0.2) is 17.2 Å². The Balaban J connectivity index is 2.44. The lowest BCUT2D eigenvalue weighted by molar-refractivity contribution is 0.385. The number of nitrogens with zero attached hydrogens (tertiary/aromatic N) is 1. The SMILES string of the molecule is COc1ccc(S(=O)(=O)N(C)c2cccc(F)c2)cc1F. The number of hydrogen-bond donors (Lipinski definition) is 0. The Morgan fingerprint density at radius 2 is 1.81 bits per heavy atom. The molecule has 0 spiro atoms. The Labute approximate surface area is 121 Å². The van der Waals surface area contributed by atoms with Crippen LogP contribution in [0.3, 0.4) is 0 Å². The summed E-state index contributed by atoms with van der Waals surface area (Å²) in [5.41, 5.74) is 0.145. The third-order valence-electron chi connectivity index (χ3n) is 2.95. The molecule has 0 fully saturated rings. The number of sulfonamides is 1. The summed E-state index contributed by atoms with van der Waals surface area (Å²) in [5, 5.41) is 0. The van der Waals surface area contributed by atoms with Gasteiger partial charge in [-0.1, -0.05) is 6.07 Å². The van der Waals surface area contributed by atoms with Crippen molar-refractivity contribution in [3.63, 3.8) is 0 Å². The largest absolute Gasteiger partial charge is 0.494 e. The van der Waals surface area contributed by atoms with E-state index in [9.17, 15) is 17.2 Å². The fourth-order valence-corrected chi connectivity index (χ4v) is 2.98. The van der Waals surface area contributed by atoms with E-state index in [0.717, 1.165) is 16.4 Å². The molecule has 7 heteroatoms. The summed E-state index contributed by atoms with van der Waals surface area (Å²) in [5.74, 6) is -1.40. The molecule has 0 saturated heterocycles. The van der Waals surface area contributed by atoms with Gasteiger partial charge in [0, 0.05) is 7.05 Å². The summed E-state index contributed by atoms with van der Waals surface area (Å²) >= 11 is 0. The van der Waals surface area contributed by atoms with Crippen molar-refractivity contribution in [1.82, 2.24) is 0 Å². The van der Waals surface area contributed by atoms with Crippen LogP contribution in [0.25, 0.3) is 0 Å². The van der Waals surface area contributed by atoms with E-state index in [4.69, 9.17) is 4.74 Å². The van der Waals surface area contributed by atoms with Crippen molar-refractivity contribution in [3.05, 3.63) is 54.1 Å². The maximum absolute atomic E-state index is 13.6. The van der Waals surface area contributed by atoms with E-state index in [1.54, 1.807) is 0 Å². The predicted octanol–water partition coefficient (Wildman–Crippen LogP) is 2.80. The van der Waals surface area contributed by atoms with E-state index in [1.165, 1.54) is 44.5 Å². The van der Waals surface area contributed by atoms with Crippen LogP contribution in [0.2, 0.25) is 0 Å². The van der Waals surface area contributed by atoms with Gasteiger partial charge in [-0.3, -0.25) is 4.31 Å². The first-order valence-electron chi connectivity index (χ1n) is 5.94. The maximum atomic E-state index is 13.6. The van der Waals surface area contributed by atoms with E-state index >= 15 is 0 Å². The molecular formula is C14H13F2NO3S. The first-order chi connectivity index (χ1) is 9.86. The molecule has 0 N–H and O–H groups in total. The molecule has 0 atom stereocenters. The number of benzene rings is 2. The van der Waals surface area contributed by atoms with Gasteiger partial charge in [-0.15, -0.1) is 0 Å². The lowest BCUT2D eigenvalue weighted by Gasteiger charge is -2.19. The van der Waals surface area contributed by atoms with Crippen LogP contribution in [0, 0.1) is 11.6 Å². The van der Waals surface area contributed by atoms with Gasteiger partial charge in [-0.05, 0) is 36.4 Å². The maximum Gasteiger partial charge on any atom is 0.264 e. The van der Waals surface area contributed by atoms with Crippen molar-refractivity contribution in [1.29, 1.82) is 0 Å². The molecule has 112 valence electrons. The average molecular weight is 313 g/mol. The van der Waals surface area contributed by atoms with Crippen molar-refractivity contribution in [3.8, 4) is 5.75 Å². The summed E-state index contributed by atoms with van der Waals surface area (Å²) in [7, 11) is -1.43. The Morgan fingerprint density at radius 3 is 2.38 bits per heavy atom. The van der Waals surface area contributed by atoms with Crippen LogP contribution < -0.4 is 9.04 Å². The molecule has 0 aromatic heterocycles. The molecule has 0 saturated carbocycles. The van der Waals surface area contributed by atoms with Gasteiger partial charge in [0.05, 0.1) is 17.7 Å². The Kier molecular flexibility index (Phi) is 4.13. The molecule has 21 heavy (non-hydrogen) atoms. The second kappa shape index (κ2) is 5.69. The van der Waals surface area contributed by atoms with Gasteiger partial charge in [0.1, 0.15) is 5.82 Å². The highest BCUT2D eigenvalue weighted by molar-refractivity contribution is 7.92. The molecule has 0 amide bonds. The number of anilines is 1. The van der Waals surface area contributed by atoms with E-state index in [1.807, 2.05) is 0 Å². The van der Waals surface area contributed by atoms with Gasteiger partial charge in [0.15, 0.2) is 11.6 Å². The van der Waals surface area contributed by atoms with Gasteiger partial charge < -0.3 is 4.74 Å². The zero-order valence-corrected chi connectivity index (χ0v) is 12.2. The van der Waals surface area contributed by atoms with Crippen LogP contribution in [0.15, 0.2) is 47.4 Å². The Morgan fingerprint density at radius 1 is 1.10 bits per heavy atom. The highest BCUT2D eigenvalue weighted by Gasteiger charge is 2.23. The molecule has 0 aliphatic carbocycles. The Bertz CT molecular complexity index is 763. The Hall–Kier alpha value is -2.15. The molecule has 2 aromatic carbocycles. The topological polar surface area (TPSA) is 46.6 Å². The predicted molar refractivity (Wildman–Crippen MR) is 74.9 cm³/mol. The fraction of sp³-hybridized carbons (Fsp3) is 0.143. The van der Waals surface area contributed by atoms with Crippen molar-refractivity contribution in [2.24, 2.45) is 0 Å². The first-order valence-corrected chi connectivity index (χ1v) is 7.38. The highest BCUT2D eigenvalue weighted by atomic mass is 32.2. The molecule has 2 rings (SSSR count). The van der Waals surface area contributed by atoms with Crippen molar-refractivity contribution in [2.75, 3.05) is 18.5 Å². The molecular weight excluding hydrogens is 300 g/mol. The quantitative estimate of drug-likeness (QED) is 0.872. The van der Waals surface area contributed by atoms with Crippen LogP contribution in [0.5, 0.6) is 5.75 Å². The summed E-state index contributed by atoms with van der Waals surface area (Å²) in [4.78, 5) is -0.243. The van der Waals surface area contributed by atoms with Crippen molar-refractivity contribution >= 4 is 15.7 Å². The average Bonchev–Trinajstić information content (AvgIpc) is 2.46. The minimum atomic E-state index is -3.99. The van der Waals surface area contributed by atoms with Crippen LogP contribution in [-0.2, 0) is 10.0 Å². The monoisotopic (exact) mass is 313 g/mol. The van der Waals surface area contributed by atoms with Gasteiger partial charge in [-0.2, -0.15) is 0 Å². The van der Waals surface area contributed by atoms with Gasteiger partial charge in [0.25, 0.3) is 10.0 Å². The number of methoxy groups -OCH3 is 1. The third kappa shape index (κ3) is 2.97. The second-order valence-electron chi connectivity index (χ2n) is 4.25. The number of hydrogen-bond acceptors (Lipinski definition) is 3. The zero-order chi connectivity index (χ0) is 15.6. The van der Waals surface area contributed by atoms with Crippen LogP contribution in [0.1, 0.15) is 0 Å². The van der Waals surface area contributed by atoms with E-state index in [-0.39, 0.29) is 16.3 Å². The molecule has 4 nitrogen and oxygen atoms in total. The zero-order valence-electron chi connectivity index (χ0n) is 11.4. The molecule has 0 radical (unpaired) electrons. The highest BCUT2D eigenvalue weighted by Crippen LogP contribution is 2.26. The second-order valence-corrected chi connectivity index (χ2v) is 6.22. The van der Waals surface area contributed by atoms with Crippen LogP contribution in [-0.4, -0.2) is 22.6 Å².